The molecule has 0 saturated heterocycles. The van der Waals surface area contributed by atoms with Crippen LogP contribution in [0.15, 0.2) is 48.5 Å². The van der Waals surface area contributed by atoms with Crippen LogP contribution < -0.4 is 10.1 Å². The van der Waals surface area contributed by atoms with Gasteiger partial charge in [0, 0.05) is 32.1 Å². The van der Waals surface area contributed by atoms with Crippen molar-refractivity contribution in [3.05, 3.63) is 59.7 Å². The molecule has 0 aromatic heterocycles. The molecule has 0 radical (unpaired) electrons. The van der Waals surface area contributed by atoms with E-state index in [2.05, 4.69) is 10.1 Å². The average molecular weight is 398 g/mol. The molecule has 29 heavy (non-hydrogen) atoms. The second-order valence-electron chi connectivity index (χ2n) is 6.44. The Morgan fingerprint density at radius 3 is 2.28 bits per heavy atom. The number of hydrogen-bond acceptors (Lipinski definition) is 5. The van der Waals surface area contributed by atoms with Crippen molar-refractivity contribution in [3.63, 3.8) is 0 Å². The van der Waals surface area contributed by atoms with E-state index in [-0.39, 0.29) is 18.2 Å². The summed E-state index contributed by atoms with van der Waals surface area (Å²) in [6.45, 7) is 2.30. The normalized spacial score (nSPS) is 10.2. The summed E-state index contributed by atoms with van der Waals surface area (Å²) in [5.74, 6) is 0.0497. The van der Waals surface area contributed by atoms with Gasteiger partial charge in [-0.15, -0.1) is 0 Å². The van der Waals surface area contributed by atoms with Gasteiger partial charge < -0.3 is 19.7 Å². The zero-order valence-electron chi connectivity index (χ0n) is 16.9. The van der Waals surface area contributed by atoms with Gasteiger partial charge in [-0.05, 0) is 42.3 Å². The van der Waals surface area contributed by atoms with Crippen LogP contribution in [-0.2, 0) is 20.7 Å². The van der Waals surface area contributed by atoms with Gasteiger partial charge in [-0.1, -0.05) is 18.2 Å². The highest BCUT2D eigenvalue weighted by Gasteiger charge is 2.13. The van der Waals surface area contributed by atoms with E-state index >= 15 is 0 Å². The highest BCUT2D eigenvalue weighted by atomic mass is 16.5. The van der Waals surface area contributed by atoms with Gasteiger partial charge >= 0.3 is 5.97 Å². The van der Waals surface area contributed by atoms with Crippen LogP contribution in [0, 0.1) is 0 Å². The SMILES string of the molecule is COC(=O)c1ccc(NC(=O)CCN(CCc2ccccc2OC)C(C)=O)cc1. The lowest BCUT2D eigenvalue weighted by atomic mass is 10.1. The van der Waals surface area contributed by atoms with E-state index in [0.29, 0.717) is 30.8 Å². The first-order valence-electron chi connectivity index (χ1n) is 9.30. The molecule has 7 nitrogen and oxygen atoms in total. The molecular weight excluding hydrogens is 372 g/mol. The number of carbonyl (C=O) groups is 3. The molecule has 154 valence electrons. The quantitative estimate of drug-likeness (QED) is 0.657. The van der Waals surface area contributed by atoms with Crippen molar-refractivity contribution in [3.8, 4) is 5.75 Å². The molecule has 2 aromatic carbocycles. The third-order valence-corrected chi connectivity index (χ3v) is 4.49. The fourth-order valence-corrected chi connectivity index (χ4v) is 2.86. The second kappa shape index (κ2) is 10.8. The van der Waals surface area contributed by atoms with E-state index in [1.54, 1.807) is 36.3 Å². The van der Waals surface area contributed by atoms with Crippen LogP contribution in [-0.4, -0.2) is 50.0 Å². The maximum absolute atomic E-state index is 12.2. The van der Waals surface area contributed by atoms with Gasteiger partial charge in [-0.3, -0.25) is 9.59 Å². The molecule has 0 unspecified atom stereocenters. The summed E-state index contributed by atoms with van der Waals surface area (Å²) in [6, 6.07) is 14.1. The summed E-state index contributed by atoms with van der Waals surface area (Å²) < 4.78 is 9.98. The Hall–Kier alpha value is -3.35. The van der Waals surface area contributed by atoms with Crippen LogP contribution in [0.4, 0.5) is 5.69 Å². The number of ether oxygens (including phenoxy) is 2. The molecule has 2 aromatic rings. The molecule has 0 heterocycles. The van der Waals surface area contributed by atoms with Gasteiger partial charge in [0.05, 0.1) is 19.8 Å². The molecule has 0 spiro atoms. The van der Waals surface area contributed by atoms with Gasteiger partial charge in [-0.25, -0.2) is 4.79 Å². The molecule has 0 aliphatic heterocycles. The van der Waals surface area contributed by atoms with Crippen LogP contribution in [0.2, 0.25) is 0 Å². The number of nitrogens with one attached hydrogen (secondary N) is 1. The van der Waals surface area contributed by atoms with Crippen molar-refractivity contribution >= 4 is 23.5 Å². The smallest absolute Gasteiger partial charge is 0.337 e. The Balaban J connectivity index is 1.87. The van der Waals surface area contributed by atoms with E-state index < -0.39 is 5.97 Å². The van der Waals surface area contributed by atoms with Crippen LogP contribution in [0.5, 0.6) is 5.75 Å². The molecule has 1 N–H and O–H groups in total. The minimum Gasteiger partial charge on any atom is -0.496 e. The molecule has 0 aliphatic rings. The lowest BCUT2D eigenvalue weighted by Crippen LogP contribution is -2.33. The number of rotatable bonds is 9. The number of para-hydroxylation sites is 1. The Bertz CT molecular complexity index is 849. The molecule has 0 saturated carbocycles. The monoisotopic (exact) mass is 398 g/mol. The predicted molar refractivity (Wildman–Crippen MR) is 110 cm³/mol. The summed E-state index contributed by atoms with van der Waals surface area (Å²) in [6.07, 6.45) is 0.810. The lowest BCUT2D eigenvalue weighted by Gasteiger charge is -2.21. The second-order valence-corrected chi connectivity index (χ2v) is 6.44. The molecule has 0 atom stereocenters. The van der Waals surface area contributed by atoms with Crippen LogP contribution >= 0.6 is 0 Å². The average Bonchev–Trinajstić information content (AvgIpc) is 2.73. The summed E-state index contributed by atoms with van der Waals surface area (Å²) in [5.41, 5.74) is 1.99. The zero-order valence-corrected chi connectivity index (χ0v) is 16.9. The summed E-state index contributed by atoms with van der Waals surface area (Å²) in [4.78, 5) is 37.3. The molecular formula is C22H26N2O5. The summed E-state index contributed by atoms with van der Waals surface area (Å²) >= 11 is 0. The predicted octanol–water partition coefficient (Wildman–Crippen LogP) is 2.90. The lowest BCUT2D eigenvalue weighted by molar-refractivity contribution is -0.129. The molecule has 0 aliphatic carbocycles. The summed E-state index contributed by atoms with van der Waals surface area (Å²) in [7, 11) is 2.93. The van der Waals surface area contributed by atoms with Gasteiger partial charge in [0.2, 0.25) is 11.8 Å². The van der Waals surface area contributed by atoms with Crippen molar-refractivity contribution < 1.29 is 23.9 Å². The zero-order chi connectivity index (χ0) is 21.2. The standard InChI is InChI=1S/C22H26N2O5/c1-16(25)24(14-12-17-6-4-5-7-20(17)28-2)15-13-21(26)23-19-10-8-18(9-11-19)22(27)29-3/h4-11H,12-15H2,1-3H3,(H,23,26). The van der Waals surface area contributed by atoms with Gasteiger partial charge in [0.1, 0.15) is 5.75 Å². The molecule has 2 rings (SSSR count). The number of methoxy groups -OCH3 is 2. The first kappa shape index (κ1) is 21.9. The molecule has 2 amide bonds. The Kier molecular flexibility index (Phi) is 8.21. The highest BCUT2D eigenvalue weighted by Crippen LogP contribution is 2.18. The largest absolute Gasteiger partial charge is 0.496 e. The maximum atomic E-state index is 12.2. The minimum absolute atomic E-state index is 0.0878. The van der Waals surface area contributed by atoms with Crippen molar-refractivity contribution in [1.29, 1.82) is 0 Å². The Morgan fingerprint density at radius 1 is 0.966 bits per heavy atom. The highest BCUT2D eigenvalue weighted by molar-refractivity contribution is 5.93. The van der Waals surface area contributed by atoms with E-state index in [4.69, 9.17) is 4.74 Å². The molecule has 0 bridgehead atoms. The molecule has 0 fully saturated rings. The van der Waals surface area contributed by atoms with Gasteiger partial charge in [0.15, 0.2) is 0 Å². The number of hydrogen-bond donors (Lipinski definition) is 1. The van der Waals surface area contributed by atoms with Gasteiger partial charge in [0.25, 0.3) is 0 Å². The van der Waals surface area contributed by atoms with Crippen molar-refractivity contribution in [1.82, 2.24) is 4.90 Å². The van der Waals surface area contributed by atoms with Crippen LogP contribution in [0.1, 0.15) is 29.3 Å². The van der Waals surface area contributed by atoms with Crippen molar-refractivity contribution in [2.45, 2.75) is 19.8 Å². The number of benzene rings is 2. The topological polar surface area (TPSA) is 84.9 Å². The van der Waals surface area contributed by atoms with E-state index in [1.165, 1.54) is 14.0 Å². The van der Waals surface area contributed by atoms with E-state index in [0.717, 1.165) is 11.3 Å². The Morgan fingerprint density at radius 2 is 1.66 bits per heavy atom. The van der Waals surface area contributed by atoms with Crippen LogP contribution in [0.3, 0.4) is 0 Å². The fraction of sp³-hybridized carbons (Fsp3) is 0.318. The Labute approximate surface area is 170 Å². The van der Waals surface area contributed by atoms with Gasteiger partial charge in [-0.2, -0.15) is 0 Å². The number of nitrogens with zero attached hydrogens (tertiary/aromatic N) is 1. The number of esters is 1. The van der Waals surface area contributed by atoms with E-state index in [1.807, 2.05) is 24.3 Å². The fourth-order valence-electron chi connectivity index (χ4n) is 2.86. The molecule has 7 heteroatoms. The maximum Gasteiger partial charge on any atom is 0.337 e. The number of amides is 2. The number of carbonyl (C=O) groups excluding carboxylic acids is 3. The minimum atomic E-state index is -0.435. The van der Waals surface area contributed by atoms with Crippen LogP contribution in [0.25, 0.3) is 0 Å². The van der Waals surface area contributed by atoms with E-state index in [9.17, 15) is 14.4 Å². The third kappa shape index (κ3) is 6.64. The third-order valence-electron chi connectivity index (χ3n) is 4.49. The first-order valence-corrected chi connectivity index (χ1v) is 9.30. The number of anilines is 1. The summed E-state index contributed by atoms with van der Waals surface area (Å²) in [5, 5.41) is 2.76. The van der Waals surface area contributed by atoms with Crippen molar-refractivity contribution in [2.75, 3.05) is 32.6 Å². The first-order chi connectivity index (χ1) is 13.9. The van der Waals surface area contributed by atoms with Crippen molar-refractivity contribution in [2.24, 2.45) is 0 Å².